The molecule has 0 saturated heterocycles. The van der Waals surface area contributed by atoms with Crippen LogP contribution < -0.4 is 16.4 Å². The molecule has 1 aromatic carbocycles. The van der Waals surface area contributed by atoms with E-state index < -0.39 is 6.04 Å². The van der Waals surface area contributed by atoms with E-state index in [2.05, 4.69) is 41.8 Å². The lowest BCUT2D eigenvalue weighted by molar-refractivity contribution is -0.124. The summed E-state index contributed by atoms with van der Waals surface area (Å²) in [5.41, 5.74) is 7.11. The Morgan fingerprint density at radius 3 is 2.33 bits per heavy atom. The normalized spacial score (nSPS) is 19.7. The van der Waals surface area contributed by atoms with Crippen LogP contribution in [0, 0.1) is 5.41 Å². The third-order valence-corrected chi connectivity index (χ3v) is 5.20. The minimum atomic E-state index is -0.484. The number of amides is 1. The quantitative estimate of drug-likeness (QED) is 0.750. The average Bonchev–Trinajstić information content (AvgIpc) is 3.00. The molecule has 1 aromatic rings. The molecule has 0 spiro atoms. The summed E-state index contributed by atoms with van der Waals surface area (Å²) in [6.07, 6.45) is 4.59. The summed E-state index contributed by atoms with van der Waals surface area (Å²) in [5, 5.41) is 6.89. The lowest BCUT2D eigenvalue weighted by Crippen LogP contribution is -2.56. The fourth-order valence-corrected chi connectivity index (χ4v) is 3.47. The van der Waals surface area contributed by atoms with Gasteiger partial charge in [0.2, 0.25) is 5.91 Å². The van der Waals surface area contributed by atoms with Crippen molar-refractivity contribution in [3.63, 3.8) is 0 Å². The van der Waals surface area contributed by atoms with Crippen molar-refractivity contribution in [1.29, 1.82) is 0 Å². The van der Waals surface area contributed by atoms with Gasteiger partial charge < -0.3 is 16.4 Å². The molecule has 24 heavy (non-hydrogen) atoms. The molecule has 0 heterocycles. The maximum Gasteiger partial charge on any atom is 0.237 e. The maximum atomic E-state index is 12.4. The first-order chi connectivity index (χ1) is 11.2. The van der Waals surface area contributed by atoms with Crippen LogP contribution in [0.25, 0.3) is 0 Å². The molecule has 1 fully saturated rings. The zero-order valence-corrected chi connectivity index (χ0v) is 15.6. The van der Waals surface area contributed by atoms with E-state index in [1.165, 1.54) is 18.4 Å². The first-order valence-electron chi connectivity index (χ1n) is 9.09. The van der Waals surface area contributed by atoms with E-state index in [9.17, 15) is 4.79 Å². The Morgan fingerprint density at radius 2 is 1.79 bits per heavy atom. The average molecular weight is 332 g/mol. The number of hydrogen-bond acceptors (Lipinski definition) is 3. The van der Waals surface area contributed by atoms with Crippen molar-refractivity contribution in [2.45, 2.75) is 71.0 Å². The van der Waals surface area contributed by atoms with Gasteiger partial charge in [-0.2, -0.15) is 0 Å². The van der Waals surface area contributed by atoms with Crippen molar-refractivity contribution < 1.29 is 4.79 Å². The van der Waals surface area contributed by atoms with Gasteiger partial charge in [-0.25, -0.2) is 0 Å². The van der Waals surface area contributed by atoms with E-state index in [0.29, 0.717) is 6.54 Å². The predicted octanol–water partition coefficient (Wildman–Crippen LogP) is 3.14. The first-order valence-corrected chi connectivity index (χ1v) is 9.09. The zero-order chi connectivity index (χ0) is 17.8. The minimum Gasteiger partial charge on any atom is -0.353 e. The third kappa shape index (κ3) is 4.81. The molecule has 1 amide bonds. The second-order valence-electron chi connectivity index (χ2n) is 8.33. The highest BCUT2D eigenvalue weighted by Gasteiger charge is 2.36. The van der Waals surface area contributed by atoms with Crippen LogP contribution in [0.1, 0.15) is 65.0 Å². The Kier molecular flexibility index (Phi) is 6.05. The second kappa shape index (κ2) is 7.66. The molecule has 1 aliphatic carbocycles. The molecule has 4 heteroatoms. The van der Waals surface area contributed by atoms with E-state index in [4.69, 9.17) is 5.73 Å². The summed E-state index contributed by atoms with van der Waals surface area (Å²) < 4.78 is 0. The van der Waals surface area contributed by atoms with Crippen molar-refractivity contribution in [3.05, 3.63) is 35.9 Å². The summed E-state index contributed by atoms with van der Waals surface area (Å²) in [5.74, 6) is -0.0528. The van der Waals surface area contributed by atoms with E-state index in [1.807, 2.05) is 26.8 Å². The van der Waals surface area contributed by atoms with Crippen molar-refractivity contribution in [2.75, 3.05) is 6.54 Å². The van der Waals surface area contributed by atoms with Crippen LogP contribution in [0.5, 0.6) is 0 Å². The zero-order valence-electron chi connectivity index (χ0n) is 15.6. The third-order valence-electron chi connectivity index (χ3n) is 5.20. The van der Waals surface area contributed by atoms with Gasteiger partial charge in [0.05, 0.1) is 6.04 Å². The van der Waals surface area contributed by atoms with Crippen LogP contribution in [0.2, 0.25) is 0 Å². The molecular formula is C20H33N3O. The molecule has 0 aromatic heterocycles. The number of carbonyl (C=O) groups is 1. The van der Waals surface area contributed by atoms with E-state index in [1.54, 1.807) is 0 Å². The topological polar surface area (TPSA) is 67.1 Å². The second-order valence-corrected chi connectivity index (χ2v) is 8.33. The molecular weight excluding hydrogens is 298 g/mol. The highest BCUT2D eigenvalue weighted by molar-refractivity contribution is 5.82. The predicted molar refractivity (Wildman–Crippen MR) is 99.6 cm³/mol. The summed E-state index contributed by atoms with van der Waals surface area (Å²) in [4.78, 5) is 12.4. The first kappa shape index (κ1) is 18.9. The summed E-state index contributed by atoms with van der Waals surface area (Å²) in [7, 11) is 0. The van der Waals surface area contributed by atoms with E-state index >= 15 is 0 Å². The minimum absolute atomic E-state index is 0.0253. The highest BCUT2D eigenvalue weighted by atomic mass is 16.2. The van der Waals surface area contributed by atoms with Gasteiger partial charge in [0.25, 0.3) is 0 Å². The highest BCUT2D eigenvalue weighted by Crippen LogP contribution is 2.32. The fraction of sp³-hybridized carbons (Fsp3) is 0.650. The Bertz CT molecular complexity index is 530. The molecule has 134 valence electrons. The van der Waals surface area contributed by atoms with Crippen molar-refractivity contribution >= 4 is 5.91 Å². The lowest BCUT2D eigenvalue weighted by atomic mass is 9.86. The Balaban J connectivity index is 1.99. The van der Waals surface area contributed by atoms with Crippen molar-refractivity contribution in [3.8, 4) is 0 Å². The smallest absolute Gasteiger partial charge is 0.237 e. The van der Waals surface area contributed by atoms with Crippen LogP contribution in [-0.4, -0.2) is 24.0 Å². The molecule has 2 rings (SSSR count). The SMILES string of the molecule is CC(NC1(CNC(=O)[C@@H](N)C(C)(C)C)CCCC1)c1ccccc1. The van der Waals surface area contributed by atoms with Gasteiger partial charge in [0.1, 0.15) is 0 Å². The number of hydrogen-bond donors (Lipinski definition) is 3. The van der Waals surface area contributed by atoms with Gasteiger partial charge in [-0.15, -0.1) is 0 Å². The largest absolute Gasteiger partial charge is 0.353 e. The van der Waals surface area contributed by atoms with Crippen molar-refractivity contribution in [2.24, 2.45) is 11.1 Å². The fourth-order valence-electron chi connectivity index (χ4n) is 3.47. The number of carbonyl (C=O) groups excluding carboxylic acids is 1. The molecule has 4 nitrogen and oxygen atoms in total. The van der Waals surface area contributed by atoms with Crippen LogP contribution in [0.4, 0.5) is 0 Å². The van der Waals surface area contributed by atoms with Crippen LogP contribution >= 0.6 is 0 Å². The molecule has 0 bridgehead atoms. The molecule has 1 aliphatic rings. The van der Waals surface area contributed by atoms with Crippen molar-refractivity contribution in [1.82, 2.24) is 10.6 Å². The molecule has 0 aliphatic heterocycles. The van der Waals surface area contributed by atoms with Crippen LogP contribution in [0.15, 0.2) is 30.3 Å². The van der Waals surface area contributed by atoms with Crippen LogP contribution in [0.3, 0.4) is 0 Å². The summed E-state index contributed by atoms with van der Waals surface area (Å²) in [6, 6.07) is 10.2. The standard InChI is InChI=1S/C20H33N3O/c1-15(16-10-6-5-7-11-16)23-20(12-8-9-13-20)14-22-18(24)17(21)19(2,3)4/h5-7,10-11,15,17,23H,8-9,12-14,21H2,1-4H3,(H,22,24)/t15?,17-/m1/s1. The van der Waals surface area contributed by atoms with Gasteiger partial charge in [-0.1, -0.05) is 63.9 Å². The number of nitrogens with one attached hydrogen (secondary N) is 2. The summed E-state index contributed by atoms with van der Waals surface area (Å²) >= 11 is 0. The van der Waals surface area contributed by atoms with Crippen LogP contribution in [-0.2, 0) is 4.79 Å². The molecule has 0 radical (unpaired) electrons. The lowest BCUT2D eigenvalue weighted by Gasteiger charge is -2.35. The number of nitrogens with two attached hydrogens (primary N) is 1. The number of benzene rings is 1. The molecule has 2 atom stereocenters. The molecule has 4 N–H and O–H groups in total. The van der Waals surface area contributed by atoms with Gasteiger partial charge in [-0.05, 0) is 30.7 Å². The molecule has 1 saturated carbocycles. The molecule has 1 unspecified atom stereocenters. The Hall–Kier alpha value is -1.39. The monoisotopic (exact) mass is 331 g/mol. The van der Waals surface area contributed by atoms with E-state index in [0.717, 1.165) is 12.8 Å². The van der Waals surface area contributed by atoms with Gasteiger partial charge in [-0.3, -0.25) is 4.79 Å². The van der Waals surface area contributed by atoms with E-state index in [-0.39, 0.29) is 22.9 Å². The summed E-state index contributed by atoms with van der Waals surface area (Å²) in [6.45, 7) is 8.83. The van der Waals surface area contributed by atoms with Gasteiger partial charge in [0.15, 0.2) is 0 Å². The Labute approximate surface area is 146 Å². The number of rotatable bonds is 6. The Morgan fingerprint density at radius 1 is 1.21 bits per heavy atom. The van der Waals surface area contributed by atoms with Gasteiger partial charge >= 0.3 is 0 Å². The maximum absolute atomic E-state index is 12.4. The van der Waals surface area contributed by atoms with Gasteiger partial charge in [0, 0.05) is 18.1 Å².